The van der Waals surface area contributed by atoms with Gasteiger partial charge in [0.05, 0.1) is 21.7 Å². The van der Waals surface area contributed by atoms with Crippen molar-refractivity contribution < 1.29 is 13.2 Å². The van der Waals surface area contributed by atoms with Crippen molar-refractivity contribution in [3.63, 3.8) is 0 Å². The SMILES string of the molecule is C[C@H](CNC(=O)[C@@H]1CCCN(S(=O)(=O)Cc2ccc(Cl)c(Cl)c2)C1)c1ccccc1. The number of rotatable bonds is 7. The average Bonchev–Trinajstić information content (AvgIpc) is 2.75. The van der Waals surface area contributed by atoms with Gasteiger partial charge in [0.25, 0.3) is 0 Å². The molecule has 0 saturated carbocycles. The van der Waals surface area contributed by atoms with Crippen LogP contribution in [-0.2, 0) is 20.6 Å². The lowest BCUT2D eigenvalue weighted by Gasteiger charge is -2.31. The van der Waals surface area contributed by atoms with E-state index in [9.17, 15) is 13.2 Å². The van der Waals surface area contributed by atoms with E-state index in [0.717, 1.165) is 5.56 Å². The highest BCUT2D eigenvalue weighted by molar-refractivity contribution is 7.88. The first-order chi connectivity index (χ1) is 14.3. The predicted molar refractivity (Wildman–Crippen MR) is 121 cm³/mol. The molecule has 1 aliphatic rings. The third-order valence-electron chi connectivity index (χ3n) is 5.43. The molecule has 1 aliphatic heterocycles. The van der Waals surface area contributed by atoms with Crippen LogP contribution < -0.4 is 5.32 Å². The maximum Gasteiger partial charge on any atom is 0.224 e. The van der Waals surface area contributed by atoms with E-state index in [2.05, 4.69) is 12.2 Å². The fourth-order valence-corrected chi connectivity index (χ4v) is 5.56. The van der Waals surface area contributed by atoms with Crippen LogP contribution >= 0.6 is 23.2 Å². The first-order valence-corrected chi connectivity index (χ1v) is 12.4. The van der Waals surface area contributed by atoms with E-state index in [1.54, 1.807) is 18.2 Å². The van der Waals surface area contributed by atoms with Gasteiger partial charge < -0.3 is 5.32 Å². The third-order valence-corrected chi connectivity index (χ3v) is 7.99. The van der Waals surface area contributed by atoms with Crippen molar-refractivity contribution in [1.29, 1.82) is 0 Å². The van der Waals surface area contributed by atoms with Gasteiger partial charge in [0.1, 0.15) is 0 Å². The molecular formula is C22H26Cl2N2O3S. The summed E-state index contributed by atoms with van der Waals surface area (Å²) in [7, 11) is -3.56. The second kappa shape index (κ2) is 10.1. The van der Waals surface area contributed by atoms with Gasteiger partial charge in [-0.3, -0.25) is 4.79 Å². The van der Waals surface area contributed by atoms with E-state index >= 15 is 0 Å². The fraction of sp³-hybridized carbons (Fsp3) is 0.409. The number of amides is 1. The van der Waals surface area contributed by atoms with Gasteiger partial charge in [-0.1, -0.05) is 66.5 Å². The number of carbonyl (C=O) groups excluding carboxylic acids is 1. The number of nitrogens with zero attached hydrogens (tertiary/aromatic N) is 1. The molecule has 1 heterocycles. The van der Waals surface area contributed by atoms with Gasteiger partial charge in [-0.2, -0.15) is 0 Å². The van der Waals surface area contributed by atoms with Crippen LogP contribution in [0.2, 0.25) is 10.0 Å². The highest BCUT2D eigenvalue weighted by atomic mass is 35.5. The van der Waals surface area contributed by atoms with Crippen LogP contribution in [0.4, 0.5) is 0 Å². The lowest BCUT2D eigenvalue weighted by atomic mass is 9.97. The summed E-state index contributed by atoms with van der Waals surface area (Å²) < 4.78 is 27.2. The molecule has 2 aromatic carbocycles. The zero-order valence-corrected chi connectivity index (χ0v) is 19.2. The molecule has 0 bridgehead atoms. The quantitative estimate of drug-likeness (QED) is 0.652. The Morgan fingerprint density at radius 1 is 1.17 bits per heavy atom. The second-order valence-electron chi connectivity index (χ2n) is 7.76. The van der Waals surface area contributed by atoms with Crippen LogP contribution in [0.3, 0.4) is 0 Å². The second-order valence-corrected chi connectivity index (χ2v) is 10.5. The lowest BCUT2D eigenvalue weighted by molar-refractivity contribution is -0.126. The van der Waals surface area contributed by atoms with Gasteiger partial charge in [-0.15, -0.1) is 0 Å². The highest BCUT2D eigenvalue weighted by Gasteiger charge is 2.32. The zero-order chi connectivity index (χ0) is 21.7. The number of piperidine rings is 1. The molecule has 2 atom stereocenters. The van der Waals surface area contributed by atoms with E-state index in [-0.39, 0.29) is 30.0 Å². The smallest absolute Gasteiger partial charge is 0.224 e. The molecule has 8 heteroatoms. The number of sulfonamides is 1. The summed E-state index contributed by atoms with van der Waals surface area (Å²) in [5, 5.41) is 3.71. The Balaban J connectivity index is 1.58. The minimum atomic E-state index is -3.56. The molecule has 162 valence electrons. The number of benzene rings is 2. The van der Waals surface area contributed by atoms with Gasteiger partial charge >= 0.3 is 0 Å². The van der Waals surface area contributed by atoms with E-state index in [4.69, 9.17) is 23.2 Å². The van der Waals surface area contributed by atoms with Crippen molar-refractivity contribution in [3.8, 4) is 0 Å². The highest BCUT2D eigenvalue weighted by Crippen LogP contribution is 2.26. The van der Waals surface area contributed by atoms with Crippen LogP contribution in [0.5, 0.6) is 0 Å². The molecular weight excluding hydrogens is 443 g/mol. The van der Waals surface area contributed by atoms with Crippen LogP contribution in [0.15, 0.2) is 48.5 Å². The number of hydrogen-bond acceptors (Lipinski definition) is 3. The van der Waals surface area contributed by atoms with Gasteiger partial charge in [-0.05, 0) is 42.0 Å². The topological polar surface area (TPSA) is 66.5 Å². The molecule has 1 saturated heterocycles. The number of halogens is 2. The van der Waals surface area contributed by atoms with E-state index in [0.29, 0.717) is 41.5 Å². The molecule has 2 aromatic rings. The Morgan fingerprint density at radius 2 is 1.90 bits per heavy atom. The summed E-state index contributed by atoms with van der Waals surface area (Å²) in [5.41, 5.74) is 1.74. The first-order valence-electron chi connectivity index (χ1n) is 10.0. The summed E-state index contributed by atoms with van der Waals surface area (Å²) >= 11 is 11.9. The molecule has 1 fully saturated rings. The number of nitrogens with one attached hydrogen (secondary N) is 1. The molecule has 0 unspecified atom stereocenters. The van der Waals surface area contributed by atoms with Gasteiger partial charge in [-0.25, -0.2) is 12.7 Å². The molecule has 0 aliphatic carbocycles. The van der Waals surface area contributed by atoms with Crippen LogP contribution in [0, 0.1) is 5.92 Å². The van der Waals surface area contributed by atoms with Crippen molar-refractivity contribution in [1.82, 2.24) is 9.62 Å². The Kier molecular flexibility index (Phi) is 7.80. The predicted octanol–water partition coefficient (Wildman–Crippen LogP) is 4.46. The Labute approximate surface area is 188 Å². The van der Waals surface area contributed by atoms with Crippen LogP contribution in [0.1, 0.15) is 36.8 Å². The molecule has 30 heavy (non-hydrogen) atoms. The van der Waals surface area contributed by atoms with Crippen molar-refractivity contribution in [3.05, 3.63) is 69.7 Å². The maximum atomic E-state index is 12.9. The fourth-order valence-electron chi connectivity index (χ4n) is 3.64. The summed E-state index contributed by atoms with van der Waals surface area (Å²) in [6, 6.07) is 14.8. The number of carbonyl (C=O) groups is 1. The molecule has 0 radical (unpaired) electrons. The Hall–Kier alpha value is -1.60. The van der Waals surface area contributed by atoms with Crippen molar-refractivity contribution in [2.45, 2.75) is 31.4 Å². The maximum absolute atomic E-state index is 12.9. The van der Waals surface area contributed by atoms with Crippen molar-refractivity contribution >= 4 is 39.1 Å². The van der Waals surface area contributed by atoms with Gasteiger partial charge in [0, 0.05) is 19.6 Å². The van der Waals surface area contributed by atoms with Gasteiger partial charge in [0.2, 0.25) is 15.9 Å². The summed E-state index contributed by atoms with van der Waals surface area (Å²) in [6.07, 6.45) is 1.34. The standard InChI is InChI=1S/C22H26Cl2N2O3S/c1-16(18-6-3-2-4-7-18)13-25-22(27)19-8-5-11-26(14-19)30(28,29)15-17-9-10-20(23)21(24)12-17/h2-4,6-7,9-10,12,16,19H,5,8,11,13-15H2,1H3,(H,25,27)/t16-,19-/m1/s1. The van der Waals surface area contributed by atoms with Crippen molar-refractivity contribution in [2.75, 3.05) is 19.6 Å². The Morgan fingerprint density at radius 3 is 2.60 bits per heavy atom. The zero-order valence-electron chi connectivity index (χ0n) is 16.9. The van der Waals surface area contributed by atoms with E-state index in [1.807, 2.05) is 30.3 Å². The summed E-state index contributed by atoms with van der Waals surface area (Å²) in [6.45, 7) is 3.21. The summed E-state index contributed by atoms with van der Waals surface area (Å²) in [4.78, 5) is 12.7. The monoisotopic (exact) mass is 468 g/mol. The molecule has 5 nitrogen and oxygen atoms in total. The first kappa shape index (κ1) is 23.1. The number of hydrogen-bond donors (Lipinski definition) is 1. The Bertz CT molecular complexity index is 983. The van der Waals surface area contributed by atoms with Crippen molar-refractivity contribution in [2.24, 2.45) is 5.92 Å². The normalized spacial score (nSPS) is 18.7. The van der Waals surface area contributed by atoms with E-state index in [1.165, 1.54) is 4.31 Å². The average molecular weight is 469 g/mol. The summed E-state index contributed by atoms with van der Waals surface area (Å²) in [5.74, 6) is -0.408. The molecule has 0 aromatic heterocycles. The minimum Gasteiger partial charge on any atom is -0.355 e. The van der Waals surface area contributed by atoms with Gasteiger partial charge in [0.15, 0.2) is 0 Å². The molecule has 1 N–H and O–H groups in total. The largest absolute Gasteiger partial charge is 0.355 e. The third kappa shape index (κ3) is 5.97. The van der Waals surface area contributed by atoms with Crippen LogP contribution in [-0.4, -0.2) is 38.3 Å². The lowest BCUT2D eigenvalue weighted by Crippen LogP contribution is -2.46. The van der Waals surface area contributed by atoms with Crippen LogP contribution in [0.25, 0.3) is 0 Å². The van der Waals surface area contributed by atoms with E-state index < -0.39 is 10.0 Å². The molecule has 1 amide bonds. The molecule has 3 rings (SSSR count). The minimum absolute atomic E-state index is 0.0905. The molecule has 0 spiro atoms.